The number of hydrogen-bond acceptors (Lipinski definition) is 3. The number of rotatable bonds is 1. The maximum Gasteiger partial charge on any atom is 0.230 e. The molecule has 1 aromatic rings. The van der Waals surface area contributed by atoms with Gasteiger partial charge in [-0.3, -0.25) is 10.1 Å². The predicted molar refractivity (Wildman–Crippen MR) is 70.0 cm³/mol. The van der Waals surface area contributed by atoms with Gasteiger partial charge in [0.1, 0.15) is 0 Å². The van der Waals surface area contributed by atoms with E-state index in [1.165, 1.54) is 10.5 Å². The fourth-order valence-electron chi connectivity index (χ4n) is 2.22. The van der Waals surface area contributed by atoms with Crippen LogP contribution in [-0.2, 0) is 4.79 Å². The quantitative estimate of drug-likeness (QED) is 0.793. The number of nitrogens with one attached hydrogen (secondary N) is 2. The Hall–Kier alpha value is -1.26. The summed E-state index contributed by atoms with van der Waals surface area (Å²) in [6, 6.07) is 10.2. The van der Waals surface area contributed by atoms with Crippen LogP contribution in [0.3, 0.4) is 0 Å². The Labute approximate surface area is 105 Å². The van der Waals surface area contributed by atoms with Crippen LogP contribution >= 0.6 is 11.8 Å². The van der Waals surface area contributed by atoms with Crippen LogP contribution in [0, 0.1) is 5.92 Å². The summed E-state index contributed by atoms with van der Waals surface area (Å²) in [5, 5.41) is 6.48. The molecule has 3 atom stereocenters. The summed E-state index contributed by atoms with van der Waals surface area (Å²) in [6.07, 6.45) is 2.12. The Balaban J connectivity index is 1.87. The van der Waals surface area contributed by atoms with Crippen molar-refractivity contribution in [1.29, 1.82) is 0 Å². The lowest BCUT2D eigenvalue weighted by Gasteiger charge is -2.30. The molecule has 0 bridgehead atoms. The topological polar surface area (TPSA) is 41.1 Å². The van der Waals surface area contributed by atoms with Gasteiger partial charge in [0, 0.05) is 4.91 Å². The van der Waals surface area contributed by atoms with Gasteiger partial charge in [-0.05, 0) is 12.5 Å². The second-order valence-electron chi connectivity index (χ2n) is 4.36. The molecule has 1 saturated heterocycles. The van der Waals surface area contributed by atoms with Gasteiger partial charge >= 0.3 is 0 Å². The average Bonchev–Trinajstić information content (AvgIpc) is 2.74. The Morgan fingerprint density at radius 3 is 2.76 bits per heavy atom. The Morgan fingerprint density at radius 1 is 1.24 bits per heavy atom. The number of fused-ring (bicyclic) bond motifs is 1. The van der Waals surface area contributed by atoms with E-state index in [9.17, 15) is 4.79 Å². The van der Waals surface area contributed by atoms with Crippen LogP contribution in [0.2, 0.25) is 0 Å². The number of carbonyl (C=O) groups is 1. The molecule has 0 saturated carbocycles. The molecule has 17 heavy (non-hydrogen) atoms. The maximum atomic E-state index is 11.9. The third-order valence-electron chi connectivity index (χ3n) is 3.05. The summed E-state index contributed by atoms with van der Waals surface area (Å²) >= 11 is 1.74. The second kappa shape index (κ2) is 4.20. The summed E-state index contributed by atoms with van der Waals surface area (Å²) in [6.45, 7) is 1.97. The molecule has 0 radical (unpaired) electrons. The predicted octanol–water partition coefficient (Wildman–Crippen LogP) is 1.78. The number of amides is 1. The second-order valence-corrected chi connectivity index (χ2v) is 5.54. The first-order valence-corrected chi connectivity index (χ1v) is 6.62. The highest BCUT2D eigenvalue weighted by Gasteiger charge is 2.38. The van der Waals surface area contributed by atoms with Gasteiger partial charge in [0.05, 0.1) is 17.5 Å². The van der Waals surface area contributed by atoms with Crippen LogP contribution in [0.15, 0.2) is 36.4 Å². The molecule has 3 rings (SSSR count). The van der Waals surface area contributed by atoms with Gasteiger partial charge in [-0.25, -0.2) is 0 Å². The third kappa shape index (κ3) is 1.98. The minimum atomic E-state index is -0.0496. The molecular weight excluding hydrogens is 232 g/mol. The zero-order valence-corrected chi connectivity index (χ0v) is 10.3. The first-order chi connectivity index (χ1) is 8.24. The smallest absolute Gasteiger partial charge is 0.230 e. The molecule has 0 spiro atoms. The van der Waals surface area contributed by atoms with E-state index in [0.29, 0.717) is 0 Å². The summed E-state index contributed by atoms with van der Waals surface area (Å²) in [4.78, 5) is 13.0. The summed E-state index contributed by atoms with van der Waals surface area (Å²) in [5.41, 5.74) is 1.19. The molecule has 1 amide bonds. The van der Waals surface area contributed by atoms with Crippen LogP contribution in [0.5, 0.6) is 0 Å². The van der Waals surface area contributed by atoms with Crippen molar-refractivity contribution in [3.63, 3.8) is 0 Å². The van der Waals surface area contributed by atoms with Crippen molar-refractivity contribution in [1.82, 2.24) is 10.6 Å². The molecule has 88 valence electrons. The largest absolute Gasteiger partial charge is 0.340 e. The first-order valence-electron chi connectivity index (χ1n) is 5.74. The Morgan fingerprint density at radius 2 is 2.00 bits per heavy atom. The zero-order chi connectivity index (χ0) is 11.8. The summed E-state index contributed by atoms with van der Waals surface area (Å²) in [7, 11) is 0. The van der Waals surface area contributed by atoms with Crippen LogP contribution in [0.1, 0.15) is 12.5 Å². The highest BCUT2D eigenvalue weighted by atomic mass is 32.2. The van der Waals surface area contributed by atoms with Gasteiger partial charge in [0.15, 0.2) is 0 Å². The first kappa shape index (κ1) is 10.9. The third-order valence-corrected chi connectivity index (χ3v) is 4.35. The van der Waals surface area contributed by atoms with Crippen LogP contribution in [0.25, 0.3) is 4.91 Å². The minimum absolute atomic E-state index is 0.0496. The normalized spacial score (nSPS) is 31.7. The van der Waals surface area contributed by atoms with Crippen LogP contribution in [-0.4, -0.2) is 17.4 Å². The molecule has 2 heterocycles. The van der Waals surface area contributed by atoms with E-state index in [0.717, 1.165) is 0 Å². The van der Waals surface area contributed by atoms with Gasteiger partial charge in [-0.1, -0.05) is 36.4 Å². The fraction of sp³-hybridized carbons (Fsp3) is 0.308. The minimum Gasteiger partial charge on any atom is -0.340 e. The van der Waals surface area contributed by atoms with Crippen molar-refractivity contribution < 1.29 is 4.79 Å². The Bertz CT molecular complexity index is 472. The molecular formula is C13H14N2OS. The van der Waals surface area contributed by atoms with E-state index in [2.05, 4.69) is 28.8 Å². The number of benzene rings is 1. The van der Waals surface area contributed by atoms with Gasteiger partial charge < -0.3 is 5.32 Å². The van der Waals surface area contributed by atoms with Crippen molar-refractivity contribution >= 4 is 22.6 Å². The van der Waals surface area contributed by atoms with E-state index < -0.39 is 0 Å². The number of thioether (sulfide) groups is 1. The monoisotopic (exact) mass is 246 g/mol. The maximum absolute atomic E-state index is 11.9. The van der Waals surface area contributed by atoms with E-state index in [4.69, 9.17) is 0 Å². The molecule has 4 heteroatoms. The van der Waals surface area contributed by atoms with Gasteiger partial charge in [-0.15, -0.1) is 11.8 Å². The highest BCUT2D eigenvalue weighted by Crippen LogP contribution is 2.42. The van der Waals surface area contributed by atoms with Crippen molar-refractivity contribution in [3.05, 3.63) is 42.0 Å². The number of carbonyl (C=O) groups excluding carboxylic acids is 1. The molecule has 2 aliphatic heterocycles. The average molecular weight is 246 g/mol. The van der Waals surface area contributed by atoms with E-state index in [1.54, 1.807) is 11.8 Å². The van der Waals surface area contributed by atoms with Crippen LogP contribution < -0.4 is 10.6 Å². The number of hydrogen-bond donors (Lipinski definition) is 2. The molecule has 2 aliphatic rings. The van der Waals surface area contributed by atoms with Gasteiger partial charge in [0.2, 0.25) is 5.91 Å². The Kier molecular flexibility index (Phi) is 2.68. The van der Waals surface area contributed by atoms with Crippen molar-refractivity contribution in [2.75, 3.05) is 0 Å². The van der Waals surface area contributed by atoms with Gasteiger partial charge in [-0.2, -0.15) is 0 Å². The molecule has 1 fully saturated rings. The standard InChI is InChI=1S/C13H14N2OS/c1-8-14-12(16)10-7-11(17-13(10)15-8)9-5-3-2-4-6-9/h2-8,10,13,15H,1H3,(H,14,16). The highest BCUT2D eigenvalue weighted by molar-refractivity contribution is 8.09. The van der Waals surface area contributed by atoms with Crippen molar-refractivity contribution in [2.24, 2.45) is 5.92 Å². The molecule has 3 unspecified atom stereocenters. The SMILES string of the molecule is CC1NC(=O)C2C=C(c3ccccc3)SC2N1. The van der Waals surface area contributed by atoms with E-state index in [1.807, 2.05) is 25.1 Å². The molecule has 1 aromatic carbocycles. The summed E-state index contributed by atoms with van der Waals surface area (Å²) < 4.78 is 0. The fourth-order valence-corrected chi connectivity index (χ4v) is 3.61. The van der Waals surface area contributed by atoms with Gasteiger partial charge in [0.25, 0.3) is 0 Å². The van der Waals surface area contributed by atoms with E-state index >= 15 is 0 Å². The molecule has 0 aliphatic carbocycles. The summed E-state index contributed by atoms with van der Waals surface area (Å²) in [5.74, 6) is 0.0751. The van der Waals surface area contributed by atoms with Crippen LogP contribution in [0.4, 0.5) is 0 Å². The lowest BCUT2D eigenvalue weighted by atomic mass is 10.0. The molecule has 3 nitrogen and oxygen atoms in total. The van der Waals surface area contributed by atoms with Crippen molar-refractivity contribution in [2.45, 2.75) is 18.5 Å². The lowest BCUT2D eigenvalue weighted by molar-refractivity contribution is -0.126. The van der Waals surface area contributed by atoms with Crippen molar-refractivity contribution in [3.8, 4) is 0 Å². The molecule has 2 N–H and O–H groups in total. The molecule has 0 aromatic heterocycles. The zero-order valence-electron chi connectivity index (χ0n) is 9.51. The van der Waals surface area contributed by atoms with E-state index in [-0.39, 0.29) is 23.4 Å². The lowest BCUT2D eigenvalue weighted by Crippen LogP contribution is -2.57.